The Morgan fingerprint density at radius 2 is 2.14 bits per heavy atom. The first-order valence-electron chi connectivity index (χ1n) is 9.44. The Balaban J connectivity index is 1.79. The van der Waals surface area contributed by atoms with Gasteiger partial charge in [-0.1, -0.05) is 22.0 Å². The highest BCUT2D eigenvalue weighted by molar-refractivity contribution is 9.10. The van der Waals surface area contributed by atoms with E-state index in [0.29, 0.717) is 18.7 Å². The number of carbonyl (C=O) groups is 1. The number of ether oxygens (including phenoxy) is 1. The smallest absolute Gasteiger partial charge is 0.256 e. The maximum Gasteiger partial charge on any atom is 0.256 e. The van der Waals surface area contributed by atoms with Crippen LogP contribution in [-0.2, 0) is 4.74 Å². The van der Waals surface area contributed by atoms with Gasteiger partial charge in [0, 0.05) is 23.0 Å². The number of rotatable bonds is 4. The van der Waals surface area contributed by atoms with Gasteiger partial charge in [-0.15, -0.1) is 0 Å². The molecule has 1 fully saturated rings. The van der Waals surface area contributed by atoms with E-state index < -0.39 is 5.82 Å². The summed E-state index contributed by atoms with van der Waals surface area (Å²) in [4.78, 5) is 17.2. The lowest BCUT2D eigenvalue weighted by atomic mass is 10.1. The molecular formula is C22H20BrFN2O3. The number of hydrogen-bond acceptors (Lipinski definition) is 4. The summed E-state index contributed by atoms with van der Waals surface area (Å²) in [5.74, 6) is -0.814. The Morgan fingerprint density at radius 1 is 1.28 bits per heavy atom. The van der Waals surface area contributed by atoms with Gasteiger partial charge in [-0.2, -0.15) is 0 Å². The van der Waals surface area contributed by atoms with Crippen LogP contribution in [0.1, 0.15) is 28.8 Å². The van der Waals surface area contributed by atoms with Gasteiger partial charge in [0.25, 0.3) is 5.91 Å². The number of carbonyl (C=O) groups excluding carboxylic acids is 1. The Bertz CT molecular complexity index is 1140. The van der Waals surface area contributed by atoms with Crippen LogP contribution < -0.4 is 10.9 Å². The van der Waals surface area contributed by atoms with Crippen molar-refractivity contribution in [1.29, 1.82) is 0 Å². The average molecular weight is 459 g/mol. The highest BCUT2D eigenvalue weighted by Gasteiger charge is 2.19. The normalized spacial score (nSPS) is 17.1. The van der Waals surface area contributed by atoms with E-state index in [2.05, 4.69) is 26.2 Å². The molecule has 29 heavy (non-hydrogen) atoms. The third kappa shape index (κ3) is 4.57. The van der Waals surface area contributed by atoms with E-state index in [9.17, 15) is 9.18 Å². The van der Waals surface area contributed by atoms with Crippen LogP contribution in [0.5, 0.6) is 0 Å². The van der Waals surface area contributed by atoms with Crippen molar-refractivity contribution in [2.45, 2.75) is 25.9 Å². The molecule has 7 heteroatoms. The van der Waals surface area contributed by atoms with Crippen molar-refractivity contribution in [3.05, 3.63) is 69.4 Å². The van der Waals surface area contributed by atoms with Gasteiger partial charge in [0.1, 0.15) is 22.7 Å². The van der Waals surface area contributed by atoms with E-state index >= 15 is 0 Å². The molecule has 0 unspecified atom stereocenters. The third-order valence-corrected chi connectivity index (χ3v) is 5.28. The number of nitrogens with one attached hydrogen (secondary N) is 1. The van der Waals surface area contributed by atoms with Crippen LogP contribution in [0.3, 0.4) is 0 Å². The lowest BCUT2D eigenvalue weighted by molar-refractivity contribution is 0.0854. The largest absolute Gasteiger partial charge is 0.438 e. The number of aryl methyl sites for hydroxylation is 1. The van der Waals surface area contributed by atoms with Gasteiger partial charge < -0.3 is 14.5 Å². The SMILES string of the molecule is Cc1ccc(F)c(N=c2oc3ccc(Br)cc3cc2C(=O)NC[C@H]2CCCO2)c1. The number of nitrogens with zero attached hydrogens (tertiary/aromatic N) is 1. The second kappa shape index (κ2) is 8.47. The van der Waals surface area contributed by atoms with Crippen LogP contribution in [0.15, 0.2) is 56.3 Å². The summed E-state index contributed by atoms with van der Waals surface area (Å²) in [5.41, 5.74) is 1.84. The van der Waals surface area contributed by atoms with Gasteiger partial charge in [-0.25, -0.2) is 9.38 Å². The fourth-order valence-corrected chi connectivity index (χ4v) is 3.65. The first-order chi connectivity index (χ1) is 14.0. The average Bonchev–Trinajstić information content (AvgIpc) is 3.22. The third-order valence-electron chi connectivity index (χ3n) is 4.79. The second-order valence-corrected chi connectivity index (χ2v) is 7.97. The van der Waals surface area contributed by atoms with E-state index in [1.54, 1.807) is 24.3 Å². The van der Waals surface area contributed by atoms with Crippen LogP contribution >= 0.6 is 15.9 Å². The molecule has 0 spiro atoms. The Labute approximate surface area is 175 Å². The summed E-state index contributed by atoms with van der Waals surface area (Å²) >= 11 is 3.43. The minimum absolute atomic E-state index is 0.0140. The number of benzene rings is 2. The molecule has 1 atom stereocenters. The molecule has 1 N–H and O–H groups in total. The van der Waals surface area contributed by atoms with Crippen molar-refractivity contribution < 1.29 is 18.3 Å². The van der Waals surface area contributed by atoms with Crippen LogP contribution in [0, 0.1) is 12.7 Å². The predicted octanol–water partition coefficient (Wildman–Crippen LogP) is 4.78. The lowest BCUT2D eigenvalue weighted by Crippen LogP contribution is -2.34. The summed E-state index contributed by atoms with van der Waals surface area (Å²) in [6, 6.07) is 11.8. The molecule has 0 aliphatic carbocycles. The number of fused-ring (bicyclic) bond motifs is 1. The number of halogens is 2. The van der Waals surface area contributed by atoms with Gasteiger partial charge in [0.05, 0.1) is 6.10 Å². The first kappa shape index (κ1) is 19.8. The van der Waals surface area contributed by atoms with Crippen molar-refractivity contribution in [2.75, 3.05) is 13.2 Å². The van der Waals surface area contributed by atoms with E-state index in [4.69, 9.17) is 9.15 Å². The quantitative estimate of drug-likeness (QED) is 0.611. The van der Waals surface area contributed by atoms with Crippen molar-refractivity contribution in [3.63, 3.8) is 0 Å². The minimum Gasteiger partial charge on any atom is -0.438 e. The van der Waals surface area contributed by atoms with Crippen LogP contribution in [0.4, 0.5) is 10.1 Å². The zero-order valence-electron chi connectivity index (χ0n) is 15.9. The standard InChI is InChI=1S/C22H20BrFN2O3/c1-13-4-6-18(24)19(9-13)26-22-17(21(27)25-12-16-3-2-8-28-16)11-14-10-15(23)5-7-20(14)29-22/h4-7,9-11,16H,2-3,8,12H2,1H3,(H,25,27)/t16-/m1/s1. The Morgan fingerprint density at radius 3 is 2.93 bits per heavy atom. The van der Waals surface area contributed by atoms with E-state index in [-0.39, 0.29) is 28.8 Å². The maximum absolute atomic E-state index is 14.2. The van der Waals surface area contributed by atoms with E-state index in [1.165, 1.54) is 6.07 Å². The highest BCUT2D eigenvalue weighted by Crippen LogP contribution is 2.22. The number of amides is 1. The second-order valence-electron chi connectivity index (χ2n) is 7.06. The molecule has 5 nitrogen and oxygen atoms in total. The molecule has 3 aromatic rings. The molecule has 1 aromatic heterocycles. The molecule has 0 radical (unpaired) electrons. The van der Waals surface area contributed by atoms with Crippen LogP contribution in [-0.4, -0.2) is 25.2 Å². The summed E-state index contributed by atoms with van der Waals surface area (Å²) in [6.45, 7) is 2.98. The topological polar surface area (TPSA) is 63.8 Å². The molecule has 1 aliphatic rings. The Kier molecular flexibility index (Phi) is 5.78. The van der Waals surface area contributed by atoms with Crippen LogP contribution in [0.25, 0.3) is 11.0 Å². The number of hydrogen-bond donors (Lipinski definition) is 1. The van der Waals surface area contributed by atoms with Gasteiger partial charge in [-0.05, 0) is 61.7 Å². The van der Waals surface area contributed by atoms with E-state index in [0.717, 1.165) is 28.3 Å². The molecule has 1 amide bonds. The van der Waals surface area contributed by atoms with Gasteiger partial charge in [0.15, 0.2) is 0 Å². The van der Waals surface area contributed by atoms with Crippen molar-refractivity contribution in [3.8, 4) is 0 Å². The van der Waals surface area contributed by atoms with Crippen molar-refractivity contribution >= 4 is 38.5 Å². The molecule has 0 saturated carbocycles. The van der Waals surface area contributed by atoms with Crippen molar-refractivity contribution in [1.82, 2.24) is 5.32 Å². The first-order valence-corrected chi connectivity index (χ1v) is 10.2. The summed E-state index contributed by atoms with van der Waals surface area (Å²) in [5, 5.41) is 3.62. The van der Waals surface area contributed by atoms with Gasteiger partial charge >= 0.3 is 0 Å². The zero-order chi connectivity index (χ0) is 20.4. The fourth-order valence-electron chi connectivity index (χ4n) is 3.27. The van der Waals surface area contributed by atoms with Crippen LogP contribution in [0.2, 0.25) is 0 Å². The van der Waals surface area contributed by atoms with E-state index in [1.807, 2.05) is 19.1 Å². The maximum atomic E-state index is 14.2. The molecule has 1 saturated heterocycles. The molecule has 2 heterocycles. The lowest BCUT2D eigenvalue weighted by Gasteiger charge is -2.11. The zero-order valence-corrected chi connectivity index (χ0v) is 17.5. The molecular weight excluding hydrogens is 439 g/mol. The highest BCUT2D eigenvalue weighted by atomic mass is 79.9. The predicted molar refractivity (Wildman–Crippen MR) is 112 cm³/mol. The molecule has 150 valence electrons. The Hall–Kier alpha value is -2.51. The summed E-state index contributed by atoms with van der Waals surface area (Å²) < 4.78 is 26.6. The minimum atomic E-state index is -0.479. The monoisotopic (exact) mass is 458 g/mol. The molecule has 1 aliphatic heterocycles. The van der Waals surface area contributed by atoms with Gasteiger partial charge in [-0.3, -0.25) is 4.79 Å². The summed E-state index contributed by atoms with van der Waals surface area (Å²) in [7, 11) is 0. The fraction of sp³-hybridized carbons (Fsp3) is 0.273. The molecule has 0 bridgehead atoms. The summed E-state index contributed by atoms with van der Waals surface area (Å²) in [6.07, 6.45) is 1.92. The van der Waals surface area contributed by atoms with Crippen molar-refractivity contribution in [2.24, 2.45) is 4.99 Å². The molecule has 2 aromatic carbocycles. The van der Waals surface area contributed by atoms with Gasteiger partial charge in [0.2, 0.25) is 5.55 Å². The molecule has 4 rings (SSSR count).